The molecule has 2 aromatic carbocycles. The number of carbonyl (C=O) groups is 2. The Morgan fingerprint density at radius 3 is 1.43 bits per heavy atom. The lowest BCUT2D eigenvalue weighted by Crippen LogP contribution is -2.31. The molecule has 0 bridgehead atoms. The highest BCUT2D eigenvalue weighted by atomic mass is 16.6. The van der Waals surface area contributed by atoms with Gasteiger partial charge in [0.1, 0.15) is 23.9 Å². The van der Waals surface area contributed by atoms with E-state index >= 15 is 0 Å². The average Bonchev–Trinajstić information content (AvgIpc) is 2.91. The zero-order chi connectivity index (χ0) is 15.8. The van der Waals surface area contributed by atoms with E-state index in [1.54, 1.807) is 0 Å². The molecule has 2 aliphatic rings. The molecule has 0 spiro atoms. The van der Waals surface area contributed by atoms with Crippen molar-refractivity contribution in [1.29, 1.82) is 0 Å². The summed E-state index contributed by atoms with van der Waals surface area (Å²) in [5.74, 6) is -2.25. The smallest absolute Gasteiger partial charge is 0.320 e. The van der Waals surface area contributed by atoms with Crippen LogP contribution in [0.1, 0.15) is 23.2 Å². The minimum atomic E-state index is -0.618. The fraction of sp³-hybridized carbons (Fsp3) is 0.222. The van der Waals surface area contributed by atoms with Crippen molar-refractivity contribution < 1.29 is 14.3 Å². The van der Waals surface area contributed by atoms with Gasteiger partial charge in [0.2, 0.25) is 0 Å². The van der Waals surface area contributed by atoms with E-state index in [2.05, 4.69) is 10.2 Å². The number of fused-ring (bicyclic) bond motifs is 1. The zero-order valence-corrected chi connectivity index (χ0v) is 12.2. The van der Waals surface area contributed by atoms with Crippen molar-refractivity contribution in [1.82, 2.24) is 0 Å². The first-order chi connectivity index (χ1) is 11.3. The summed E-state index contributed by atoms with van der Waals surface area (Å²) in [5, 5.41) is 8.71. The predicted octanol–water partition coefficient (Wildman–Crippen LogP) is 3.25. The molecule has 23 heavy (non-hydrogen) atoms. The van der Waals surface area contributed by atoms with Gasteiger partial charge in [-0.1, -0.05) is 60.7 Å². The minimum absolute atomic E-state index is 0.472. The molecule has 2 aromatic rings. The Balaban J connectivity index is 1.79. The minimum Gasteiger partial charge on any atom is -0.393 e. The van der Waals surface area contributed by atoms with Crippen molar-refractivity contribution >= 4 is 11.9 Å². The molecule has 0 N–H and O–H groups in total. The molecule has 114 valence electrons. The van der Waals surface area contributed by atoms with Crippen molar-refractivity contribution in [3.05, 3.63) is 71.8 Å². The first-order valence-corrected chi connectivity index (χ1v) is 7.51. The van der Waals surface area contributed by atoms with Gasteiger partial charge in [0.15, 0.2) is 0 Å². The second-order valence-corrected chi connectivity index (χ2v) is 5.73. The van der Waals surface area contributed by atoms with Gasteiger partial charge in [0, 0.05) is 0 Å². The van der Waals surface area contributed by atoms with E-state index in [1.165, 1.54) is 0 Å². The molecule has 2 unspecified atom stereocenters. The molecule has 5 heteroatoms. The molecule has 2 aliphatic heterocycles. The molecule has 0 aromatic heterocycles. The topological polar surface area (TPSA) is 68.1 Å². The van der Waals surface area contributed by atoms with Gasteiger partial charge in [0.05, 0.1) is 0 Å². The normalized spacial score (nSPS) is 29.2. The number of ether oxygens (including phenoxy) is 1. The first-order valence-electron chi connectivity index (χ1n) is 7.51. The maximum atomic E-state index is 12.2. The summed E-state index contributed by atoms with van der Waals surface area (Å²) in [6.07, 6.45) is 0. The van der Waals surface area contributed by atoms with Crippen LogP contribution in [-0.4, -0.2) is 11.9 Å². The predicted molar refractivity (Wildman–Crippen MR) is 81.3 cm³/mol. The standard InChI is InChI=1S/C18H14N2O3/c21-17-13-14(18(22)23-17)16(12-9-5-2-6-10-12)20-19-15(13)11-7-3-1-4-8-11/h1-10,13-16H/t13-,14+,15?,16?. The first kappa shape index (κ1) is 13.8. The second-order valence-electron chi connectivity index (χ2n) is 5.73. The maximum Gasteiger partial charge on any atom is 0.320 e. The number of azo groups is 1. The van der Waals surface area contributed by atoms with Crippen LogP contribution in [0.5, 0.6) is 0 Å². The van der Waals surface area contributed by atoms with Crippen molar-refractivity contribution in [2.24, 2.45) is 22.1 Å². The number of benzene rings is 2. The van der Waals surface area contributed by atoms with E-state index in [0.717, 1.165) is 11.1 Å². The number of hydrogen-bond acceptors (Lipinski definition) is 5. The van der Waals surface area contributed by atoms with Crippen LogP contribution < -0.4 is 0 Å². The molecular weight excluding hydrogens is 292 g/mol. The highest BCUT2D eigenvalue weighted by Gasteiger charge is 2.55. The van der Waals surface area contributed by atoms with Crippen molar-refractivity contribution in [2.75, 3.05) is 0 Å². The zero-order valence-electron chi connectivity index (χ0n) is 12.2. The Labute approximate surface area is 133 Å². The van der Waals surface area contributed by atoms with Crippen LogP contribution in [0.15, 0.2) is 70.9 Å². The Morgan fingerprint density at radius 1 is 0.652 bits per heavy atom. The van der Waals surface area contributed by atoms with E-state index in [1.807, 2.05) is 60.7 Å². The summed E-state index contributed by atoms with van der Waals surface area (Å²) < 4.78 is 4.91. The number of hydrogen-bond donors (Lipinski definition) is 0. The van der Waals surface area contributed by atoms with Crippen LogP contribution in [0.4, 0.5) is 0 Å². The summed E-state index contributed by atoms with van der Waals surface area (Å²) in [6, 6.07) is 17.9. The van der Waals surface area contributed by atoms with E-state index in [0.29, 0.717) is 0 Å². The van der Waals surface area contributed by atoms with E-state index < -0.39 is 35.9 Å². The van der Waals surface area contributed by atoms with Gasteiger partial charge in [-0.2, -0.15) is 10.2 Å². The van der Waals surface area contributed by atoms with Gasteiger partial charge < -0.3 is 4.74 Å². The van der Waals surface area contributed by atoms with Crippen molar-refractivity contribution in [3.63, 3.8) is 0 Å². The molecule has 1 fully saturated rings. The highest BCUT2D eigenvalue weighted by molar-refractivity contribution is 5.97. The van der Waals surface area contributed by atoms with E-state index in [-0.39, 0.29) is 0 Å². The van der Waals surface area contributed by atoms with Crippen LogP contribution in [0.25, 0.3) is 0 Å². The molecule has 0 saturated carbocycles. The van der Waals surface area contributed by atoms with Crippen molar-refractivity contribution in [3.8, 4) is 0 Å². The summed E-state index contributed by atoms with van der Waals surface area (Å²) in [7, 11) is 0. The highest BCUT2D eigenvalue weighted by Crippen LogP contribution is 2.48. The summed E-state index contributed by atoms with van der Waals surface area (Å²) in [4.78, 5) is 24.5. The number of cyclic esters (lactones) is 2. The van der Waals surface area contributed by atoms with Crippen molar-refractivity contribution in [2.45, 2.75) is 12.1 Å². The monoisotopic (exact) mass is 306 g/mol. The third-order valence-corrected chi connectivity index (χ3v) is 4.41. The number of carbonyl (C=O) groups excluding carboxylic acids is 2. The fourth-order valence-corrected chi connectivity index (χ4v) is 3.31. The van der Waals surface area contributed by atoms with Crippen LogP contribution >= 0.6 is 0 Å². The maximum absolute atomic E-state index is 12.2. The summed E-state index contributed by atoms with van der Waals surface area (Å²) in [6.45, 7) is 0. The lowest BCUT2D eigenvalue weighted by atomic mass is 9.77. The van der Waals surface area contributed by atoms with Gasteiger partial charge >= 0.3 is 11.9 Å². The Bertz CT molecular complexity index is 708. The molecule has 0 radical (unpaired) electrons. The SMILES string of the molecule is O=C1OC(=O)[C@H]2C(c3ccccc3)N=NC(c3ccccc3)[C@@H]12. The quantitative estimate of drug-likeness (QED) is 0.632. The lowest BCUT2D eigenvalue weighted by molar-refractivity contribution is -0.154. The van der Waals surface area contributed by atoms with Gasteiger partial charge in [-0.3, -0.25) is 9.59 Å². The Kier molecular flexibility index (Phi) is 3.26. The van der Waals surface area contributed by atoms with Crippen LogP contribution in [0.3, 0.4) is 0 Å². The number of rotatable bonds is 2. The fourth-order valence-electron chi connectivity index (χ4n) is 3.31. The summed E-state index contributed by atoms with van der Waals surface area (Å²) in [5.41, 5.74) is 1.73. The Hall–Kier alpha value is -2.82. The third kappa shape index (κ3) is 2.25. The van der Waals surface area contributed by atoms with Gasteiger partial charge in [-0.25, -0.2) is 0 Å². The molecule has 4 atom stereocenters. The lowest BCUT2D eigenvalue weighted by Gasteiger charge is -2.29. The average molecular weight is 306 g/mol. The molecule has 1 saturated heterocycles. The summed E-state index contributed by atoms with van der Waals surface area (Å²) >= 11 is 0. The van der Waals surface area contributed by atoms with E-state index in [9.17, 15) is 9.59 Å². The molecule has 2 heterocycles. The molecule has 0 amide bonds. The van der Waals surface area contributed by atoms with Gasteiger partial charge in [0.25, 0.3) is 0 Å². The molecule has 5 nitrogen and oxygen atoms in total. The van der Waals surface area contributed by atoms with E-state index in [4.69, 9.17) is 4.74 Å². The van der Waals surface area contributed by atoms with Gasteiger partial charge in [-0.15, -0.1) is 0 Å². The molecule has 4 rings (SSSR count). The van der Waals surface area contributed by atoms with Crippen LogP contribution in [0.2, 0.25) is 0 Å². The number of nitrogens with zero attached hydrogens (tertiary/aromatic N) is 2. The van der Waals surface area contributed by atoms with Crippen LogP contribution in [0, 0.1) is 11.8 Å². The molecular formula is C18H14N2O3. The van der Waals surface area contributed by atoms with Crippen LogP contribution in [-0.2, 0) is 14.3 Å². The second kappa shape index (κ2) is 5.43. The largest absolute Gasteiger partial charge is 0.393 e. The Morgan fingerprint density at radius 2 is 1.04 bits per heavy atom. The third-order valence-electron chi connectivity index (χ3n) is 4.41. The number of esters is 2. The van der Waals surface area contributed by atoms with Gasteiger partial charge in [-0.05, 0) is 11.1 Å². The molecule has 0 aliphatic carbocycles.